The number of Topliss-reactive ketones (excluding diaryl/α,β-unsaturated/α-hetero) is 1. The lowest BCUT2D eigenvalue weighted by Crippen LogP contribution is -2.52. The topological polar surface area (TPSA) is 62.3 Å². The molecule has 0 atom stereocenters. The molecule has 0 aromatic heterocycles. The fraction of sp³-hybridized carbons (Fsp3) is 0.529. The molecular formula is C17H23N3O4. The van der Waals surface area contributed by atoms with Crippen LogP contribution in [0.1, 0.15) is 10.4 Å². The zero-order valence-electron chi connectivity index (χ0n) is 14.2. The molecule has 0 aliphatic carbocycles. The van der Waals surface area contributed by atoms with Crippen molar-refractivity contribution in [2.75, 3.05) is 60.0 Å². The maximum atomic E-state index is 12.5. The second-order valence-corrected chi connectivity index (χ2v) is 6.22. The third-order valence-electron chi connectivity index (χ3n) is 4.26. The number of amides is 2. The summed E-state index contributed by atoms with van der Waals surface area (Å²) in [5.74, 6) is 1.38. The Balaban J connectivity index is 1.55. The van der Waals surface area contributed by atoms with E-state index in [1.165, 1.54) is 0 Å². The van der Waals surface area contributed by atoms with E-state index in [0.717, 1.165) is 0 Å². The van der Waals surface area contributed by atoms with Gasteiger partial charge in [0.1, 0.15) is 13.2 Å². The van der Waals surface area contributed by atoms with E-state index in [1.807, 2.05) is 4.90 Å². The quantitative estimate of drug-likeness (QED) is 0.771. The Kier molecular flexibility index (Phi) is 4.89. The molecule has 0 N–H and O–H groups in total. The molecule has 0 unspecified atom stereocenters. The van der Waals surface area contributed by atoms with Gasteiger partial charge in [-0.25, -0.2) is 4.79 Å². The highest BCUT2D eigenvalue weighted by atomic mass is 16.6. The number of urea groups is 1. The van der Waals surface area contributed by atoms with Gasteiger partial charge in [0.2, 0.25) is 0 Å². The standard InChI is InChI=1S/C17H23N3O4/c1-18(2)17(22)20-7-5-19(6-8-20)12-14(21)13-3-4-15-16(11-13)24-10-9-23-15/h3-4,11H,5-10,12H2,1-2H3. The monoisotopic (exact) mass is 333 g/mol. The predicted octanol–water partition coefficient (Wildman–Crippen LogP) is 0.940. The van der Waals surface area contributed by atoms with Gasteiger partial charge in [0, 0.05) is 45.8 Å². The Morgan fingerprint density at radius 1 is 1.04 bits per heavy atom. The molecule has 1 fully saturated rings. The summed E-state index contributed by atoms with van der Waals surface area (Å²) >= 11 is 0. The molecule has 0 bridgehead atoms. The summed E-state index contributed by atoms with van der Waals surface area (Å²) in [7, 11) is 3.50. The molecule has 24 heavy (non-hydrogen) atoms. The number of hydrogen-bond acceptors (Lipinski definition) is 5. The number of ketones is 1. The van der Waals surface area contributed by atoms with Crippen molar-refractivity contribution in [3.8, 4) is 11.5 Å². The van der Waals surface area contributed by atoms with Crippen LogP contribution in [0.15, 0.2) is 18.2 Å². The van der Waals surface area contributed by atoms with Crippen LogP contribution in [-0.4, -0.2) is 86.5 Å². The average molecular weight is 333 g/mol. The van der Waals surface area contributed by atoms with E-state index < -0.39 is 0 Å². The van der Waals surface area contributed by atoms with Crippen LogP contribution in [0, 0.1) is 0 Å². The molecule has 0 radical (unpaired) electrons. The number of hydrogen-bond donors (Lipinski definition) is 0. The van der Waals surface area contributed by atoms with Crippen LogP contribution in [0.5, 0.6) is 11.5 Å². The van der Waals surface area contributed by atoms with Crippen LogP contribution >= 0.6 is 0 Å². The first-order valence-corrected chi connectivity index (χ1v) is 8.16. The first-order chi connectivity index (χ1) is 11.5. The van der Waals surface area contributed by atoms with Crippen molar-refractivity contribution in [1.29, 1.82) is 0 Å². The van der Waals surface area contributed by atoms with Gasteiger partial charge in [0.15, 0.2) is 17.3 Å². The highest BCUT2D eigenvalue weighted by Gasteiger charge is 2.24. The van der Waals surface area contributed by atoms with Crippen LogP contribution in [0.25, 0.3) is 0 Å². The minimum atomic E-state index is 0.0211. The molecule has 130 valence electrons. The Hall–Kier alpha value is -2.28. The van der Waals surface area contributed by atoms with Crippen molar-refractivity contribution >= 4 is 11.8 Å². The lowest BCUT2D eigenvalue weighted by molar-refractivity contribution is 0.0862. The second-order valence-electron chi connectivity index (χ2n) is 6.22. The fourth-order valence-electron chi connectivity index (χ4n) is 2.89. The van der Waals surface area contributed by atoms with E-state index in [0.29, 0.717) is 63.0 Å². The summed E-state index contributed by atoms with van der Waals surface area (Å²) in [4.78, 5) is 29.9. The highest BCUT2D eigenvalue weighted by molar-refractivity contribution is 5.98. The first-order valence-electron chi connectivity index (χ1n) is 8.16. The predicted molar refractivity (Wildman–Crippen MR) is 88.9 cm³/mol. The molecule has 2 aliphatic heterocycles. The Morgan fingerprint density at radius 2 is 1.71 bits per heavy atom. The minimum Gasteiger partial charge on any atom is -0.486 e. The van der Waals surface area contributed by atoms with Gasteiger partial charge in [-0.3, -0.25) is 9.69 Å². The third-order valence-corrected chi connectivity index (χ3v) is 4.26. The summed E-state index contributed by atoms with van der Waals surface area (Å²) in [5, 5.41) is 0. The third kappa shape index (κ3) is 3.62. The molecule has 2 amide bonds. The Morgan fingerprint density at radius 3 is 2.38 bits per heavy atom. The molecule has 1 aromatic rings. The zero-order chi connectivity index (χ0) is 17.1. The normalized spacial score (nSPS) is 17.5. The molecule has 7 nitrogen and oxygen atoms in total. The van der Waals surface area contributed by atoms with Crippen molar-refractivity contribution in [2.45, 2.75) is 0 Å². The number of carbonyl (C=O) groups is 2. The van der Waals surface area contributed by atoms with Crippen LogP contribution in [0.4, 0.5) is 4.79 Å². The van der Waals surface area contributed by atoms with Crippen molar-refractivity contribution in [2.24, 2.45) is 0 Å². The van der Waals surface area contributed by atoms with Gasteiger partial charge in [-0.2, -0.15) is 0 Å². The molecule has 2 aliphatic rings. The maximum absolute atomic E-state index is 12.5. The Labute approximate surface area is 141 Å². The number of fused-ring (bicyclic) bond motifs is 1. The number of ether oxygens (including phenoxy) is 2. The van der Waals surface area contributed by atoms with Gasteiger partial charge in [0.05, 0.1) is 6.54 Å². The van der Waals surface area contributed by atoms with Crippen LogP contribution < -0.4 is 9.47 Å². The summed E-state index contributed by atoms with van der Waals surface area (Å²) < 4.78 is 11.0. The number of benzene rings is 1. The molecule has 1 saturated heterocycles. The number of rotatable bonds is 3. The Bertz CT molecular complexity index is 624. The molecule has 3 rings (SSSR count). The second kappa shape index (κ2) is 7.09. The molecular weight excluding hydrogens is 310 g/mol. The number of piperazine rings is 1. The van der Waals surface area contributed by atoms with Gasteiger partial charge in [-0.1, -0.05) is 0 Å². The zero-order valence-corrected chi connectivity index (χ0v) is 14.2. The summed E-state index contributed by atoms with van der Waals surface area (Å²) in [6.07, 6.45) is 0. The molecule has 0 spiro atoms. The summed E-state index contributed by atoms with van der Waals surface area (Å²) in [6.45, 7) is 4.09. The largest absolute Gasteiger partial charge is 0.486 e. The SMILES string of the molecule is CN(C)C(=O)N1CCN(CC(=O)c2ccc3c(c2)OCCO3)CC1. The highest BCUT2D eigenvalue weighted by Crippen LogP contribution is 2.30. The first kappa shape index (κ1) is 16.6. The van der Waals surface area contributed by atoms with E-state index in [4.69, 9.17) is 9.47 Å². The molecule has 7 heteroatoms. The molecule has 2 heterocycles. The average Bonchev–Trinajstić information content (AvgIpc) is 2.61. The van der Waals surface area contributed by atoms with Gasteiger partial charge in [-0.05, 0) is 18.2 Å². The van der Waals surface area contributed by atoms with Crippen molar-refractivity contribution in [3.63, 3.8) is 0 Å². The van der Waals surface area contributed by atoms with Crippen molar-refractivity contribution in [3.05, 3.63) is 23.8 Å². The fourth-order valence-corrected chi connectivity index (χ4v) is 2.89. The van der Waals surface area contributed by atoms with E-state index >= 15 is 0 Å². The lowest BCUT2D eigenvalue weighted by Gasteiger charge is -2.35. The van der Waals surface area contributed by atoms with E-state index in [-0.39, 0.29) is 11.8 Å². The van der Waals surface area contributed by atoms with Crippen molar-refractivity contribution in [1.82, 2.24) is 14.7 Å². The van der Waals surface area contributed by atoms with E-state index in [9.17, 15) is 9.59 Å². The van der Waals surface area contributed by atoms with E-state index in [1.54, 1.807) is 37.2 Å². The van der Waals surface area contributed by atoms with Gasteiger partial charge in [0.25, 0.3) is 0 Å². The van der Waals surface area contributed by atoms with Gasteiger partial charge < -0.3 is 19.3 Å². The molecule has 0 saturated carbocycles. The number of carbonyl (C=O) groups excluding carboxylic acids is 2. The number of nitrogens with zero attached hydrogens (tertiary/aromatic N) is 3. The lowest BCUT2D eigenvalue weighted by atomic mass is 10.1. The molecule has 1 aromatic carbocycles. The smallest absolute Gasteiger partial charge is 0.319 e. The van der Waals surface area contributed by atoms with E-state index in [2.05, 4.69) is 4.90 Å². The minimum absolute atomic E-state index is 0.0211. The van der Waals surface area contributed by atoms with Crippen LogP contribution in [0.2, 0.25) is 0 Å². The van der Waals surface area contributed by atoms with Crippen LogP contribution in [-0.2, 0) is 0 Å². The maximum Gasteiger partial charge on any atom is 0.319 e. The van der Waals surface area contributed by atoms with Crippen LogP contribution in [0.3, 0.4) is 0 Å². The van der Waals surface area contributed by atoms with Gasteiger partial charge >= 0.3 is 6.03 Å². The van der Waals surface area contributed by atoms with Crippen molar-refractivity contribution < 1.29 is 19.1 Å². The summed E-state index contributed by atoms with van der Waals surface area (Å²) in [6, 6.07) is 5.34. The van der Waals surface area contributed by atoms with Gasteiger partial charge in [-0.15, -0.1) is 0 Å². The summed E-state index contributed by atoms with van der Waals surface area (Å²) in [5.41, 5.74) is 0.631.